The number of rotatable bonds is 6. The van der Waals surface area contributed by atoms with Crippen molar-refractivity contribution in [2.24, 2.45) is 23.7 Å². The number of likely N-dealkylation sites (tertiary alicyclic amines) is 1. The molecule has 1 heterocycles. The van der Waals surface area contributed by atoms with Gasteiger partial charge in [0.15, 0.2) is 12.4 Å². The third kappa shape index (κ3) is 3.24. The first-order valence-electron chi connectivity index (χ1n) is 9.27. The van der Waals surface area contributed by atoms with Crippen molar-refractivity contribution in [2.45, 2.75) is 22.5 Å². The number of fused-ring (bicyclic) bond motifs is 5. The molecular weight excluding hydrogens is 494 g/mol. The molecule has 1 aliphatic heterocycles. The lowest BCUT2D eigenvalue weighted by atomic mass is 9.81. The van der Waals surface area contributed by atoms with Crippen LogP contribution in [-0.2, 0) is 19.1 Å². The summed E-state index contributed by atoms with van der Waals surface area (Å²) >= 11 is 7.29. The number of ketones is 1. The number of amides is 2. The number of alkyl halides is 2. The molecule has 8 heteroatoms. The summed E-state index contributed by atoms with van der Waals surface area (Å²) in [6, 6.07) is 8.57. The monoisotopic (exact) mass is 511 g/mol. The summed E-state index contributed by atoms with van der Waals surface area (Å²) in [6.07, 6.45) is 0.764. The van der Waals surface area contributed by atoms with Gasteiger partial charge in [-0.15, -0.1) is 0 Å². The number of hydrogen-bond acceptors (Lipinski definition) is 5. The van der Waals surface area contributed by atoms with E-state index in [2.05, 4.69) is 31.9 Å². The summed E-state index contributed by atoms with van der Waals surface area (Å²) in [7, 11) is 0. The number of hydrogen-bond donors (Lipinski definition) is 0. The summed E-state index contributed by atoms with van der Waals surface area (Å²) in [5, 5.41) is 0. The van der Waals surface area contributed by atoms with Crippen LogP contribution in [0.2, 0.25) is 0 Å². The van der Waals surface area contributed by atoms with Crippen molar-refractivity contribution in [1.82, 2.24) is 4.90 Å². The zero-order valence-electron chi connectivity index (χ0n) is 14.9. The minimum Gasteiger partial charge on any atom is -0.457 e. The van der Waals surface area contributed by atoms with Crippen LogP contribution in [0.5, 0.6) is 0 Å². The first-order chi connectivity index (χ1) is 13.4. The molecule has 0 aromatic heterocycles. The van der Waals surface area contributed by atoms with E-state index in [0.29, 0.717) is 5.56 Å². The van der Waals surface area contributed by atoms with Gasteiger partial charge in [-0.3, -0.25) is 24.1 Å². The van der Waals surface area contributed by atoms with Crippen LogP contribution in [0.3, 0.4) is 0 Å². The summed E-state index contributed by atoms with van der Waals surface area (Å²) in [5.74, 6) is -1.52. The Morgan fingerprint density at radius 1 is 1.00 bits per heavy atom. The standard InChI is InChI=1S/C20H19Br2NO5/c21-17-11-8-12(18(17)22)16-15(11)19(26)23(20(16)27)7-6-14(25)28-9-13(24)10-4-2-1-3-5-10/h1-5,11-12,15-18H,6-9H2/t11-,12+,15-,16-,17-,18+/m0/s1. The molecule has 1 saturated heterocycles. The average Bonchev–Trinajstić information content (AvgIpc) is 3.30. The maximum Gasteiger partial charge on any atom is 0.308 e. The lowest BCUT2D eigenvalue weighted by Gasteiger charge is -2.28. The molecule has 0 spiro atoms. The highest BCUT2D eigenvalue weighted by atomic mass is 79.9. The van der Waals surface area contributed by atoms with Crippen LogP contribution in [-0.4, -0.2) is 51.3 Å². The Balaban J connectivity index is 1.31. The van der Waals surface area contributed by atoms with Crippen molar-refractivity contribution in [2.75, 3.05) is 13.2 Å². The maximum atomic E-state index is 12.8. The van der Waals surface area contributed by atoms with E-state index < -0.39 is 5.97 Å². The molecule has 1 aromatic rings. The van der Waals surface area contributed by atoms with E-state index in [0.717, 1.165) is 6.42 Å². The third-order valence-corrected chi connectivity index (χ3v) is 9.28. The van der Waals surface area contributed by atoms with Gasteiger partial charge >= 0.3 is 5.97 Å². The van der Waals surface area contributed by atoms with Gasteiger partial charge in [0, 0.05) is 21.8 Å². The van der Waals surface area contributed by atoms with Crippen LogP contribution in [0, 0.1) is 23.7 Å². The Labute approximate surface area is 179 Å². The number of benzene rings is 1. The van der Waals surface area contributed by atoms with E-state index in [9.17, 15) is 19.2 Å². The molecule has 6 nitrogen and oxygen atoms in total. The Morgan fingerprint density at radius 2 is 1.57 bits per heavy atom. The summed E-state index contributed by atoms with van der Waals surface area (Å²) in [4.78, 5) is 51.1. The fraction of sp³-hybridized carbons (Fsp3) is 0.500. The molecule has 6 atom stereocenters. The minimum absolute atomic E-state index is 0.00235. The molecule has 2 aliphatic carbocycles. The Kier molecular flexibility index (Phi) is 5.44. The van der Waals surface area contributed by atoms with E-state index in [-0.39, 0.29) is 70.5 Å². The molecule has 0 N–H and O–H groups in total. The lowest BCUT2D eigenvalue weighted by Crippen LogP contribution is -2.37. The number of halogens is 2. The number of carbonyl (C=O) groups excluding carboxylic acids is 4. The molecule has 2 saturated carbocycles. The fourth-order valence-corrected chi connectivity index (χ4v) is 6.63. The van der Waals surface area contributed by atoms with Gasteiger partial charge < -0.3 is 4.74 Å². The van der Waals surface area contributed by atoms with Crippen LogP contribution < -0.4 is 0 Å². The van der Waals surface area contributed by atoms with Gasteiger partial charge in [-0.05, 0) is 18.3 Å². The molecule has 3 fully saturated rings. The molecule has 2 amide bonds. The fourth-order valence-electron chi connectivity index (χ4n) is 4.76. The van der Waals surface area contributed by atoms with Gasteiger partial charge in [0.05, 0.1) is 18.3 Å². The van der Waals surface area contributed by atoms with Crippen LogP contribution in [0.4, 0.5) is 0 Å². The first-order valence-corrected chi connectivity index (χ1v) is 11.1. The minimum atomic E-state index is -0.596. The largest absolute Gasteiger partial charge is 0.457 e. The van der Waals surface area contributed by atoms with Crippen molar-refractivity contribution in [3.8, 4) is 0 Å². The van der Waals surface area contributed by atoms with Crippen molar-refractivity contribution < 1.29 is 23.9 Å². The Morgan fingerprint density at radius 3 is 2.14 bits per heavy atom. The van der Waals surface area contributed by atoms with Gasteiger partial charge in [0.2, 0.25) is 11.8 Å². The second-order valence-electron chi connectivity index (χ2n) is 7.53. The van der Waals surface area contributed by atoms with Crippen molar-refractivity contribution in [1.29, 1.82) is 0 Å². The highest BCUT2D eigenvalue weighted by Gasteiger charge is 2.66. The second kappa shape index (κ2) is 7.71. The van der Waals surface area contributed by atoms with Crippen LogP contribution in [0.25, 0.3) is 0 Å². The molecular formula is C20H19Br2NO5. The van der Waals surface area contributed by atoms with Gasteiger partial charge in [-0.25, -0.2) is 0 Å². The molecule has 2 bridgehead atoms. The molecule has 1 aromatic carbocycles. The predicted molar refractivity (Wildman–Crippen MR) is 107 cm³/mol. The number of imide groups is 1. The topological polar surface area (TPSA) is 80.8 Å². The number of carbonyl (C=O) groups is 4. The van der Waals surface area contributed by atoms with Crippen LogP contribution in [0.1, 0.15) is 23.2 Å². The molecule has 4 rings (SSSR count). The maximum absolute atomic E-state index is 12.8. The molecule has 0 radical (unpaired) electrons. The van der Waals surface area contributed by atoms with E-state index in [1.807, 2.05) is 0 Å². The lowest BCUT2D eigenvalue weighted by molar-refractivity contribution is -0.145. The van der Waals surface area contributed by atoms with Gasteiger partial charge in [-0.2, -0.15) is 0 Å². The van der Waals surface area contributed by atoms with Crippen molar-refractivity contribution in [3.05, 3.63) is 35.9 Å². The van der Waals surface area contributed by atoms with E-state index in [1.165, 1.54) is 4.90 Å². The van der Waals surface area contributed by atoms with Crippen LogP contribution in [0.15, 0.2) is 30.3 Å². The highest BCUT2D eigenvalue weighted by molar-refractivity contribution is 9.12. The van der Waals surface area contributed by atoms with Gasteiger partial charge in [0.1, 0.15) is 0 Å². The summed E-state index contributed by atoms with van der Waals surface area (Å²) < 4.78 is 5.02. The van der Waals surface area contributed by atoms with E-state index in [1.54, 1.807) is 30.3 Å². The zero-order chi connectivity index (χ0) is 20.0. The van der Waals surface area contributed by atoms with Crippen molar-refractivity contribution >= 4 is 55.4 Å². The van der Waals surface area contributed by atoms with E-state index >= 15 is 0 Å². The second-order valence-corrected chi connectivity index (χ2v) is 9.65. The summed E-state index contributed by atoms with van der Waals surface area (Å²) in [5.41, 5.74) is 0.470. The molecule has 148 valence electrons. The number of ether oxygens (including phenoxy) is 1. The first kappa shape index (κ1) is 19.8. The average molecular weight is 513 g/mol. The third-order valence-electron chi connectivity index (χ3n) is 6.08. The molecule has 28 heavy (non-hydrogen) atoms. The Bertz CT molecular complexity index is 797. The predicted octanol–water partition coefficient (Wildman–Crippen LogP) is 2.58. The SMILES string of the molecule is O=C(CCN1C(=O)[C@H]2[C@@H]3C[C@@H]([C@@H](Br)[C@H]3Br)[C@@H]2C1=O)OCC(=O)c1ccccc1. The van der Waals surface area contributed by atoms with Gasteiger partial charge in [-0.1, -0.05) is 62.2 Å². The molecule has 0 unspecified atom stereocenters. The summed E-state index contributed by atoms with van der Waals surface area (Å²) in [6.45, 7) is -0.348. The smallest absolute Gasteiger partial charge is 0.308 e. The number of Topliss-reactive ketones (excluding diaryl/α,β-unsaturated/α-hetero) is 1. The normalized spacial score (nSPS) is 33.3. The van der Waals surface area contributed by atoms with Crippen molar-refractivity contribution in [3.63, 3.8) is 0 Å². The Hall–Kier alpha value is -1.54. The molecule has 3 aliphatic rings. The highest BCUT2D eigenvalue weighted by Crippen LogP contribution is 2.60. The van der Waals surface area contributed by atoms with Gasteiger partial charge in [0.25, 0.3) is 0 Å². The zero-order valence-corrected chi connectivity index (χ0v) is 18.1. The van der Waals surface area contributed by atoms with Crippen LogP contribution >= 0.6 is 31.9 Å². The quantitative estimate of drug-likeness (QED) is 0.253. The van der Waals surface area contributed by atoms with E-state index in [4.69, 9.17) is 4.74 Å². The number of esters is 1. The number of nitrogens with zero attached hydrogens (tertiary/aromatic N) is 1.